The van der Waals surface area contributed by atoms with Crippen LogP contribution in [-0.4, -0.2) is 22.0 Å². The minimum atomic E-state index is -0.0900. The van der Waals surface area contributed by atoms with E-state index >= 15 is 0 Å². The molecule has 1 aromatic carbocycles. The second-order valence-corrected chi connectivity index (χ2v) is 4.02. The summed E-state index contributed by atoms with van der Waals surface area (Å²) in [7, 11) is 0. The van der Waals surface area contributed by atoms with Gasteiger partial charge in [-0.15, -0.1) is 6.58 Å². The van der Waals surface area contributed by atoms with Gasteiger partial charge in [-0.1, -0.05) is 12.1 Å². The Bertz CT molecular complexity index is 589. The molecule has 1 amide bonds. The molecule has 0 aliphatic rings. The zero-order valence-electron chi connectivity index (χ0n) is 10.8. The maximum absolute atomic E-state index is 11.1. The first-order chi connectivity index (χ1) is 9.20. The molecule has 0 aliphatic carbocycles. The number of carbonyl (C=O) groups is 1. The molecule has 1 heterocycles. The molecule has 0 fully saturated rings. The summed E-state index contributed by atoms with van der Waals surface area (Å²) < 4.78 is 1.91. The summed E-state index contributed by atoms with van der Waals surface area (Å²) in [5.74, 6) is 0.646. The van der Waals surface area contributed by atoms with Gasteiger partial charge >= 0.3 is 0 Å². The van der Waals surface area contributed by atoms with E-state index in [0.29, 0.717) is 6.54 Å². The fourth-order valence-electron chi connectivity index (χ4n) is 1.74. The van der Waals surface area contributed by atoms with Gasteiger partial charge in [0.05, 0.1) is 5.69 Å². The summed E-state index contributed by atoms with van der Waals surface area (Å²) in [6.45, 7) is 5.79. The number of nitrogens with zero attached hydrogens (tertiary/aromatic N) is 2. The number of carbonyl (C=O) groups excluding carboxylic acids is 1. The summed E-state index contributed by atoms with van der Waals surface area (Å²) in [4.78, 5) is 15.3. The standard InChI is InChI=1S/C14H16N4O/c1-3-7-15-14-16-8-9-18(14)13-6-4-5-12(10-13)17-11(2)19/h3-6,8-10H,1,7H2,2H3,(H,15,16)(H,17,19). The fraction of sp³-hybridized carbons (Fsp3) is 0.143. The van der Waals surface area contributed by atoms with Gasteiger partial charge in [0.25, 0.3) is 0 Å². The van der Waals surface area contributed by atoms with Crippen LogP contribution in [0.1, 0.15) is 6.92 Å². The van der Waals surface area contributed by atoms with E-state index < -0.39 is 0 Å². The molecule has 0 unspecified atom stereocenters. The lowest BCUT2D eigenvalue weighted by Crippen LogP contribution is -2.08. The van der Waals surface area contributed by atoms with Crippen LogP contribution < -0.4 is 10.6 Å². The molecular weight excluding hydrogens is 240 g/mol. The van der Waals surface area contributed by atoms with Gasteiger partial charge in [-0.3, -0.25) is 9.36 Å². The number of benzene rings is 1. The van der Waals surface area contributed by atoms with Crippen LogP contribution in [0.2, 0.25) is 0 Å². The van der Waals surface area contributed by atoms with Gasteiger partial charge in [0.15, 0.2) is 0 Å². The Morgan fingerprint density at radius 1 is 1.53 bits per heavy atom. The third-order valence-electron chi connectivity index (χ3n) is 2.49. The molecule has 0 saturated carbocycles. The smallest absolute Gasteiger partial charge is 0.221 e. The van der Waals surface area contributed by atoms with Gasteiger partial charge in [-0.25, -0.2) is 4.98 Å². The van der Waals surface area contributed by atoms with E-state index in [1.165, 1.54) is 6.92 Å². The number of hydrogen-bond donors (Lipinski definition) is 2. The summed E-state index contributed by atoms with van der Waals surface area (Å²) in [5.41, 5.74) is 1.68. The first-order valence-corrected chi connectivity index (χ1v) is 5.97. The van der Waals surface area contributed by atoms with E-state index in [-0.39, 0.29) is 5.91 Å². The third-order valence-corrected chi connectivity index (χ3v) is 2.49. The van der Waals surface area contributed by atoms with Crippen molar-refractivity contribution in [2.75, 3.05) is 17.2 Å². The van der Waals surface area contributed by atoms with Crippen LogP contribution in [0.15, 0.2) is 49.3 Å². The van der Waals surface area contributed by atoms with Crippen LogP contribution in [-0.2, 0) is 4.79 Å². The third kappa shape index (κ3) is 3.22. The van der Waals surface area contributed by atoms with Gasteiger partial charge in [0, 0.05) is 31.5 Å². The van der Waals surface area contributed by atoms with Crippen molar-refractivity contribution in [3.05, 3.63) is 49.3 Å². The largest absolute Gasteiger partial charge is 0.352 e. The van der Waals surface area contributed by atoms with Crippen LogP contribution in [0.3, 0.4) is 0 Å². The second kappa shape index (κ2) is 5.86. The second-order valence-electron chi connectivity index (χ2n) is 4.02. The van der Waals surface area contributed by atoms with E-state index in [1.807, 2.05) is 35.0 Å². The average Bonchev–Trinajstić information content (AvgIpc) is 2.84. The van der Waals surface area contributed by atoms with Gasteiger partial charge in [-0.05, 0) is 18.2 Å². The van der Waals surface area contributed by atoms with Crippen LogP contribution in [0, 0.1) is 0 Å². The van der Waals surface area contributed by atoms with E-state index in [9.17, 15) is 4.79 Å². The highest BCUT2D eigenvalue weighted by atomic mass is 16.1. The minimum absolute atomic E-state index is 0.0900. The maximum Gasteiger partial charge on any atom is 0.221 e. The number of nitrogens with one attached hydrogen (secondary N) is 2. The molecular formula is C14H16N4O. The molecule has 0 bridgehead atoms. The Kier molecular flexibility index (Phi) is 3.97. The van der Waals surface area contributed by atoms with Gasteiger partial charge in [-0.2, -0.15) is 0 Å². The molecule has 19 heavy (non-hydrogen) atoms. The topological polar surface area (TPSA) is 59.0 Å². The van der Waals surface area contributed by atoms with Crippen molar-refractivity contribution in [1.82, 2.24) is 9.55 Å². The highest BCUT2D eigenvalue weighted by Crippen LogP contribution is 2.18. The Morgan fingerprint density at radius 3 is 3.11 bits per heavy atom. The van der Waals surface area contributed by atoms with Gasteiger partial charge < -0.3 is 10.6 Å². The number of aromatic nitrogens is 2. The van der Waals surface area contributed by atoms with Crippen molar-refractivity contribution in [2.24, 2.45) is 0 Å². The number of imidazole rings is 1. The van der Waals surface area contributed by atoms with E-state index in [2.05, 4.69) is 22.2 Å². The lowest BCUT2D eigenvalue weighted by atomic mass is 10.2. The van der Waals surface area contributed by atoms with Crippen LogP contribution in [0.25, 0.3) is 5.69 Å². The van der Waals surface area contributed by atoms with Crippen LogP contribution in [0.5, 0.6) is 0 Å². The van der Waals surface area contributed by atoms with E-state index in [1.54, 1.807) is 12.3 Å². The molecule has 0 aliphatic heterocycles. The molecule has 0 spiro atoms. The highest BCUT2D eigenvalue weighted by Gasteiger charge is 2.05. The number of anilines is 2. The van der Waals surface area contributed by atoms with E-state index in [0.717, 1.165) is 17.3 Å². The first-order valence-electron chi connectivity index (χ1n) is 5.97. The van der Waals surface area contributed by atoms with Crippen molar-refractivity contribution in [2.45, 2.75) is 6.92 Å². The number of hydrogen-bond acceptors (Lipinski definition) is 3. The van der Waals surface area contributed by atoms with E-state index in [4.69, 9.17) is 0 Å². The van der Waals surface area contributed by atoms with Crippen molar-refractivity contribution in [3.63, 3.8) is 0 Å². The molecule has 0 saturated heterocycles. The Hall–Kier alpha value is -2.56. The lowest BCUT2D eigenvalue weighted by molar-refractivity contribution is -0.114. The SMILES string of the molecule is C=CCNc1nccn1-c1cccc(NC(C)=O)c1. The molecule has 98 valence electrons. The predicted octanol–water partition coefficient (Wildman–Crippen LogP) is 2.43. The Morgan fingerprint density at radius 2 is 2.37 bits per heavy atom. The molecule has 5 nitrogen and oxygen atoms in total. The fourth-order valence-corrected chi connectivity index (χ4v) is 1.74. The highest BCUT2D eigenvalue weighted by molar-refractivity contribution is 5.88. The Balaban J connectivity index is 2.28. The van der Waals surface area contributed by atoms with Crippen molar-refractivity contribution < 1.29 is 4.79 Å². The summed E-state index contributed by atoms with van der Waals surface area (Å²) in [6.07, 6.45) is 5.35. The quantitative estimate of drug-likeness (QED) is 0.808. The molecule has 1 aromatic heterocycles. The number of rotatable bonds is 5. The summed E-state index contributed by atoms with van der Waals surface area (Å²) in [6, 6.07) is 7.57. The molecule has 0 atom stereocenters. The van der Waals surface area contributed by atoms with Gasteiger partial charge in [0.1, 0.15) is 0 Å². The monoisotopic (exact) mass is 256 g/mol. The zero-order chi connectivity index (χ0) is 13.7. The molecule has 0 radical (unpaired) electrons. The number of amides is 1. The molecule has 2 N–H and O–H groups in total. The molecule has 5 heteroatoms. The molecule has 2 rings (SSSR count). The molecule has 2 aromatic rings. The normalized spacial score (nSPS) is 9.95. The summed E-state index contributed by atoms with van der Waals surface area (Å²) in [5, 5.41) is 5.91. The van der Waals surface area contributed by atoms with Crippen LogP contribution in [0.4, 0.5) is 11.6 Å². The summed E-state index contributed by atoms with van der Waals surface area (Å²) >= 11 is 0. The Labute approximate surface area is 112 Å². The van der Waals surface area contributed by atoms with Crippen molar-refractivity contribution >= 4 is 17.5 Å². The van der Waals surface area contributed by atoms with Gasteiger partial charge in [0.2, 0.25) is 11.9 Å². The first kappa shape index (κ1) is 12.9. The van der Waals surface area contributed by atoms with Crippen LogP contribution >= 0.6 is 0 Å². The lowest BCUT2D eigenvalue weighted by Gasteiger charge is -2.10. The minimum Gasteiger partial charge on any atom is -0.352 e. The zero-order valence-corrected chi connectivity index (χ0v) is 10.8. The average molecular weight is 256 g/mol. The maximum atomic E-state index is 11.1. The van der Waals surface area contributed by atoms with Crippen molar-refractivity contribution in [3.8, 4) is 5.69 Å². The van der Waals surface area contributed by atoms with Crippen molar-refractivity contribution in [1.29, 1.82) is 0 Å². The predicted molar refractivity (Wildman–Crippen MR) is 76.6 cm³/mol.